The van der Waals surface area contributed by atoms with E-state index in [1.807, 2.05) is 71.6 Å². The highest BCUT2D eigenvalue weighted by Gasteiger charge is 2.34. The summed E-state index contributed by atoms with van der Waals surface area (Å²) < 4.78 is 41.5. The zero-order valence-electron chi connectivity index (χ0n) is 22.4. The molecule has 4 aromatic carbocycles. The van der Waals surface area contributed by atoms with E-state index in [0.717, 1.165) is 22.4 Å². The third kappa shape index (κ3) is 5.63. The molecule has 0 aliphatic carbocycles. The van der Waals surface area contributed by atoms with Gasteiger partial charge in [-0.25, -0.2) is 4.98 Å². The number of hydrogen-bond acceptors (Lipinski definition) is 4. The van der Waals surface area contributed by atoms with Crippen LogP contribution in [-0.2, 0) is 19.3 Å². The molecule has 5 nitrogen and oxygen atoms in total. The number of alkyl halides is 3. The molecule has 1 N–H and O–H groups in total. The molecule has 0 unspecified atom stereocenters. The van der Waals surface area contributed by atoms with Crippen LogP contribution in [0.1, 0.15) is 27.0 Å². The first-order chi connectivity index (χ1) is 20.3. The Kier molecular flexibility index (Phi) is 7.47. The summed E-state index contributed by atoms with van der Waals surface area (Å²) in [7, 11) is 0. The summed E-state index contributed by atoms with van der Waals surface area (Å²) in [5.41, 5.74) is 1.95. The third-order valence-corrected chi connectivity index (χ3v) is 7.62. The SMILES string of the molecule is O=C(c1ccccc1)N(Cc1cccc2ccccc12)c1cnc2c(c1)N(Cc1cc(Cl)ccc1C(F)(F)F)CCN2. The van der Waals surface area contributed by atoms with Gasteiger partial charge >= 0.3 is 6.18 Å². The highest BCUT2D eigenvalue weighted by molar-refractivity contribution is 6.30. The Bertz CT molecular complexity index is 1760. The summed E-state index contributed by atoms with van der Waals surface area (Å²) in [4.78, 5) is 22.1. The smallest absolute Gasteiger partial charge is 0.367 e. The van der Waals surface area contributed by atoms with Gasteiger partial charge in [-0.05, 0) is 58.3 Å². The van der Waals surface area contributed by atoms with E-state index < -0.39 is 11.7 Å². The molecule has 1 aliphatic rings. The Morgan fingerprint density at radius 2 is 1.69 bits per heavy atom. The van der Waals surface area contributed by atoms with Crippen LogP contribution in [0.15, 0.2) is 103 Å². The second kappa shape index (κ2) is 11.4. The number of carbonyl (C=O) groups excluding carboxylic acids is 1. The molecule has 5 aromatic rings. The van der Waals surface area contributed by atoms with Crippen LogP contribution in [0.2, 0.25) is 5.02 Å². The van der Waals surface area contributed by atoms with Crippen molar-refractivity contribution in [2.24, 2.45) is 0 Å². The van der Waals surface area contributed by atoms with Crippen molar-refractivity contribution in [3.8, 4) is 0 Å². The molecule has 1 aliphatic heterocycles. The summed E-state index contributed by atoms with van der Waals surface area (Å²) >= 11 is 6.11. The number of pyridine rings is 1. The van der Waals surface area contributed by atoms with Crippen molar-refractivity contribution in [3.05, 3.63) is 131 Å². The normalized spacial score (nSPS) is 13.0. The largest absolute Gasteiger partial charge is 0.416 e. The first kappa shape index (κ1) is 27.6. The summed E-state index contributed by atoms with van der Waals surface area (Å²) in [6, 6.07) is 28.4. The molecule has 0 bridgehead atoms. The number of halogens is 4. The van der Waals surface area contributed by atoms with Gasteiger partial charge in [0.1, 0.15) is 5.82 Å². The van der Waals surface area contributed by atoms with Crippen LogP contribution in [0, 0.1) is 0 Å². The number of fused-ring (bicyclic) bond motifs is 2. The maximum absolute atomic E-state index is 13.9. The number of amides is 1. The maximum atomic E-state index is 13.9. The molecular formula is C33H26ClF3N4O. The number of nitrogens with one attached hydrogen (secondary N) is 1. The van der Waals surface area contributed by atoms with Crippen molar-refractivity contribution >= 4 is 45.5 Å². The van der Waals surface area contributed by atoms with Gasteiger partial charge in [-0.2, -0.15) is 13.2 Å². The van der Waals surface area contributed by atoms with E-state index in [0.29, 0.717) is 35.8 Å². The summed E-state index contributed by atoms with van der Waals surface area (Å²) in [5.74, 6) is 0.327. The number of nitrogens with zero attached hydrogens (tertiary/aromatic N) is 3. The lowest BCUT2D eigenvalue weighted by atomic mass is 10.0. The van der Waals surface area contributed by atoms with Crippen LogP contribution < -0.4 is 15.1 Å². The first-order valence-electron chi connectivity index (χ1n) is 13.5. The minimum absolute atomic E-state index is 0.0226. The van der Waals surface area contributed by atoms with Crippen molar-refractivity contribution in [2.45, 2.75) is 19.3 Å². The third-order valence-electron chi connectivity index (χ3n) is 7.39. The van der Waals surface area contributed by atoms with Gasteiger partial charge in [-0.3, -0.25) is 4.79 Å². The quantitative estimate of drug-likeness (QED) is 0.218. The molecule has 6 rings (SSSR count). The molecule has 212 valence electrons. The Hall–Kier alpha value is -4.56. The number of hydrogen-bond donors (Lipinski definition) is 1. The van der Waals surface area contributed by atoms with E-state index >= 15 is 0 Å². The predicted octanol–water partition coefficient (Wildman–Crippen LogP) is 8.19. The molecule has 0 saturated heterocycles. The number of carbonyl (C=O) groups is 1. The lowest BCUT2D eigenvalue weighted by Crippen LogP contribution is -2.35. The first-order valence-corrected chi connectivity index (χ1v) is 13.8. The minimum atomic E-state index is -4.52. The van der Waals surface area contributed by atoms with Crippen LogP contribution in [0.3, 0.4) is 0 Å². The van der Waals surface area contributed by atoms with Crippen molar-refractivity contribution in [3.63, 3.8) is 0 Å². The summed E-state index contributed by atoms with van der Waals surface area (Å²) in [6.45, 7) is 1.20. The molecule has 42 heavy (non-hydrogen) atoms. The molecule has 0 fully saturated rings. The Balaban J connectivity index is 1.41. The topological polar surface area (TPSA) is 48.5 Å². The van der Waals surface area contributed by atoms with Crippen molar-refractivity contribution in [1.82, 2.24) is 4.98 Å². The molecule has 0 radical (unpaired) electrons. The van der Waals surface area contributed by atoms with E-state index in [2.05, 4.69) is 10.3 Å². The average Bonchev–Trinajstić information content (AvgIpc) is 2.99. The van der Waals surface area contributed by atoms with Crippen LogP contribution in [-0.4, -0.2) is 24.0 Å². The van der Waals surface area contributed by atoms with Crippen LogP contribution >= 0.6 is 11.6 Å². The second-order valence-electron chi connectivity index (χ2n) is 10.1. The molecule has 0 atom stereocenters. The van der Waals surface area contributed by atoms with Crippen molar-refractivity contribution in [2.75, 3.05) is 28.2 Å². The van der Waals surface area contributed by atoms with Crippen LogP contribution in [0.4, 0.5) is 30.4 Å². The van der Waals surface area contributed by atoms with E-state index in [-0.39, 0.29) is 29.6 Å². The van der Waals surface area contributed by atoms with Gasteiger partial charge in [-0.1, -0.05) is 72.3 Å². The van der Waals surface area contributed by atoms with Gasteiger partial charge in [-0.15, -0.1) is 0 Å². The average molecular weight is 587 g/mol. The van der Waals surface area contributed by atoms with Gasteiger partial charge in [0.05, 0.1) is 29.7 Å². The van der Waals surface area contributed by atoms with Crippen molar-refractivity contribution in [1.29, 1.82) is 0 Å². The van der Waals surface area contributed by atoms with Gasteiger partial charge < -0.3 is 15.1 Å². The Morgan fingerprint density at radius 1 is 0.929 bits per heavy atom. The Morgan fingerprint density at radius 3 is 2.50 bits per heavy atom. The number of benzene rings is 4. The molecular weight excluding hydrogens is 561 g/mol. The molecule has 1 amide bonds. The van der Waals surface area contributed by atoms with E-state index in [1.54, 1.807) is 23.2 Å². The molecule has 1 aromatic heterocycles. The van der Waals surface area contributed by atoms with Gasteiger partial charge in [0.2, 0.25) is 0 Å². The molecule has 0 saturated carbocycles. The van der Waals surface area contributed by atoms with E-state index in [9.17, 15) is 18.0 Å². The molecule has 2 heterocycles. The fourth-order valence-corrected chi connectivity index (χ4v) is 5.55. The standard InChI is InChI=1S/C33H26ClF3N4O/c34-26-13-14-29(33(35,36)37)25(17-26)20-40-16-15-38-31-30(40)18-27(19-39-31)41(32(42)23-8-2-1-3-9-23)21-24-11-6-10-22-7-4-5-12-28(22)24/h1-14,17-19H,15-16,20-21H2,(H,38,39). The minimum Gasteiger partial charge on any atom is -0.367 e. The van der Waals surface area contributed by atoms with Gasteiger partial charge in [0.25, 0.3) is 5.91 Å². The van der Waals surface area contributed by atoms with Crippen molar-refractivity contribution < 1.29 is 18.0 Å². The summed E-state index contributed by atoms with van der Waals surface area (Å²) in [5, 5.41) is 5.55. The van der Waals surface area contributed by atoms with E-state index in [4.69, 9.17) is 11.6 Å². The highest BCUT2D eigenvalue weighted by Crippen LogP contribution is 2.37. The number of rotatable bonds is 6. The lowest BCUT2D eigenvalue weighted by Gasteiger charge is -2.33. The highest BCUT2D eigenvalue weighted by atomic mass is 35.5. The second-order valence-corrected chi connectivity index (χ2v) is 10.5. The van der Waals surface area contributed by atoms with Gasteiger partial charge in [0.15, 0.2) is 0 Å². The maximum Gasteiger partial charge on any atom is 0.416 e. The van der Waals surface area contributed by atoms with Crippen LogP contribution in [0.25, 0.3) is 10.8 Å². The lowest BCUT2D eigenvalue weighted by molar-refractivity contribution is -0.138. The monoisotopic (exact) mass is 586 g/mol. The zero-order valence-corrected chi connectivity index (χ0v) is 23.2. The van der Waals surface area contributed by atoms with Crippen LogP contribution in [0.5, 0.6) is 0 Å². The number of anilines is 3. The zero-order chi connectivity index (χ0) is 29.3. The fourth-order valence-electron chi connectivity index (χ4n) is 5.35. The van der Waals surface area contributed by atoms with E-state index in [1.165, 1.54) is 12.1 Å². The summed E-state index contributed by atoms with van der Waals surface area (Å²) in [6.07, 6.45) is -2.89. The predicted molar refractivity (Wildman–Crippen MR) is 161 cm³/mol. The number of aromatic nitrogens is 1. The Labute approximate surface area is 246 Å². The fraction of sp³-hybridized carbons (Fsp3) is 0.152. The molecule has 9 heteroatoms. The molecule has 0 spiro atoms. The van der Waals surface area contributed by atoms with Gasteiger partial charge in [0, 0.05) is 30.2 Å².